The van der Waals surface area contributed by atoms with Gasteiger partial charge in [-0.1, -0.05) is 35.9 Å². The molecular formula is C11H8BrClN2. The maximum absolute atomic E-state index is 5.87. The summed E-state index contributed by atoms with van der Waals surface area (Å²) in [5.74, 6) is 0. The third-order valence-corrected chi connectivity index (χ3v) is 2.64. The fourth-order valence-corrected chi connectivity index (χ4v) is 2.06. The molecule has 76 valence electrons. The lowest BCUT2D eigenvalue weighted by Gasteiger charge is -2.05. The van der Waals surface area contributed by atoms with Crippen molar-refractivity contribution < 1.29 is 0 Å². The molecule has 0 radical (unpaired) electrons. The van der Waals surface area contributed by atoms with Gasteiger partial charge in [0.2, 0.25) is 0 Å². The van der Waals surface area contributed by atoms with E-state index in [0.29, 0.717) is 9.89 Å². The molecule has 0 atom stereocenters. The highest BCUT2D eigenvalue weighted by Gasteiger charge is 2.05. The molecule has 0 amide bonds. The van der Waals surface area contributed by atoms with Gasteiger partial charge in [0.05, 0.1) is 5.69 Å². The predicted octanol–water partition coefficient (Wildman–Crippen LogP) is 3.87. The van der Waals surface area contributed by atoms with Crippen LogP contribution in [0.3, 0.4) is 0 Å². The molecule has 0 fully saturated rings. The van der Waals surface area contributed by atoms with Crippen molar-refractivity contribution in [1.29, 1.82) is 0 Å². The largest absolute Gasteiger partial charge is 0.222 e. The second-order valence-electron chi connectivity index (χ2n) is 3.16. The zero-order valence-electron chi connectivity index (χ0n) is 8.04. The van der Waals surface area contributed by atoms with Crippen LogP contribution in [-0.2, 0) is 0 Å². The van der Waals surface area contributed by atoms with Gasteiger partial charge in [0.1, 0.15) is 5.15 Å². The van der Waals surface area contributed by atoms with E-state index in [4.69, 9.17) is 11.6 Å². The van der Waals surface area contributed by atoms with Crippen molar-refractivity contribution in [3.05, 3.63) is 45.8 Å². The van der Waals surface area contributed by atoms with Gasteiger partial charge in [0.25, 0.3) is 0 Å². The fraction of sp³-hybridized carbons (Fsp3) is 0.0909. The van der Waals surface area contributed by atoms with Crippen molar-refractivity contribution in [3.63, 3.8) is 0 Å². The van der Waals surface area contributed by atoms with E-state index >= 15 is 0 Å². The van der Waals surface area contributed by atoms with Crippen LogP contribution >= 0.6 is 27.5 Å². The van der Waals surface area contributed by atoms with E-state index in [-0.39, 0.29) is 0 Å². The molecule has 2 nitrogen and oxygen atoms in total. The maximum atomic E-state index is 5.87. The second kappa shape index (κ2) is 4.29. The van der Waals surface area contributed by atoms with Crippen LogP contribution in [0.4, 0.5) is 0 Å². The molecule has 1 aromatic carbocycles. The van der Waals surface area contributed by atoms with Crippen LogP contribution in [0.5, 0.6) is 0 Å². The summed E-state index contributed by atoms with van der Waals surface area (Å²) in [5.41, 5.74) is 3.07. The summed E-state index contributed by atoms with van der Waals surface area (Å²) in [5, 5.41) is 0.440. The van der Waals surface area contributed by atoms with Crippen molar-refractivity contribution >= 4 is 27.5 Å². The van der Waals surface area contributed by atoms with Gasteiger partial charge >= 0.3 is 0 Å². The first-order chi connectivity index (χ1) is 7.16. The third-order valence-electron chi connectivity index (χ3n) is 2.09. The Morgan fingerprint density at radius 2 is 1.93 bits per heavy atom. The molecule has 0 aliphatic rings. The van der Waals surface area contributed by atoms with E-state index in [1.807, 2.05) is 31.2 Å². The summed E-state index contributed by atoms with van der Waals surface area (Å²) in [6.45, 7) is 2.04. The van der Waals surface area contributed by atoms with Crippen molar-refractivity contribution in [2.45, 2.75) is 6.92 Å². The highest BCUT2D eigenvalue weighted by Crippen LogP contribution is 2.24. The molecule has 15 heavy (non-hydrogen) atoms. The molecule has 1 heterocycles. The van der Waals surface area contributed by atoms with E-state index in [1.54, 1.807) is 6.07 Å². The first-order valence-electron chi connectivity index (χ1n) is 4.43. The van der Waals surface area contributed by atoms with Crippen LogP contribution in [0, 0.1) is 6.92 Å². The van der Waals surface area contributed by atoms with Crippen molar-refractivity contribution in [2.24, 2.45) is 0 Å². The fourth-order valence-electron chi connectivity index (χ4n) is 1.39. The minimum Gasteiger partial charge on any atom is -0.222 e. The average Bonchev–Trinajstić information content (AvgIpc) is 2.16. The van der Waals surface area contributed by atoms with E-state index in [0.717, 1.165) is 11.3 Å². The molecule has 0 spiro atoms. The number of halogens is 2. The summed E-state index contributed by atoms with van der Waals surface area (Å²) < 4.78 is 0.508. The highest BCUT2D eigenvalue weighted by atomic mass is 79.9. The van der Waals surface area contributed by atoms with Gasteiger partial charge in [-0.3, -0.25) is 0 Å². The number of aromatic nitrogens is 2. The summed E-state index contributed by atoms with van der Waals surface area (Å²) in [6, 6.07) is 9.79. The van der Waals surface area contributed by atoms with Crippen LogP contribution < -0.4 is 0 Å². The van der Waals surface area contributed by atoms with Gasteiger partial charge in [0.15, 0.2) is 4.73 Å². The Balaban J connectivity index is 2.59. The lowest BCUT2D eigenvalue weighted by molar-refractivity contribution is 1.11. The number of nitrogens with zero attached hydrogens (tertiary/aromatic N) is 2. The van der Waals surface area contributed by atoms with Crippen LogP contribution in [0.25, 0.3) is 11.3 Å². The molecule has 0 aliphatic carbocycles. The molecule has 0 aliphatic heterocycles. The number of hydrogen-bond donors (Lipinski definition) is 0. The Bertz CT molecular complexity index is 479. The van der Waals surface area contributed by atoms with Gasteiger partial charge < -0.3 is 0 Å². The van der Waals surface area contributed by atoms with Crippen LogP contribution in [0.2, 0.25) is 5.15 Å². The zero-order chi connectivity index (χ0) is 10.8. The van der Waals surface area contributed by atoms with Gasteiger partial charge in [-0.15, -0.1) is 0 Å². The Morgan fingerprint density at radius 3 is 2.60 bits per heavy atom. The molecule has 0 saturated carbocycles. The van der Waals surface area contributed by atoms with Gasteiger partial charge in [-0.05, 0) is 28.4 Å². The molecule has 0 saturated heterocycles. The Morgan fingerprint density at radius 1 is 1.20 bits per heavy atom. The van der Waals surface area contributed by atoms with E-state index < -0.39 is 0 Å². The minimum absolute atomic E-state index is 0.440. The van der Waals surface area contributed by atoms with Crippen molar-refractivity contribution in [1.82, 2.24) is 9.97 Å². The number of benzene rings is 1. The Labute approximate surface area is 101 Å². The first-order valence-corrected chi connectivity index (χ1v) is 5.60. The topological polar surface area (TPSA) is 25.8 Å². The highest BCUT2D eigenvalue weighted by molar-refractivity contribution is 9.10. The van der Waals surface area contributed by atoms with E-state index in [2.05, 4.69) is 25.9 Å². The third kappa shape index (κ3) is 2.36. The minimum atomic E-state index is 0.440. The quantitative estimate of drug-likeness (QED) is 0.586. The number of rotatable bonds is 1. The molecule has 0 unspecified atom stereocenters. The Hall–Kier alpha value is -0.930. The molecule has 0 N–H and O–H groups in total. The summed E-state index contributed by atoms with van der Waals surface area (Å²) in [7, 11) is 0. The van der Waals surface area contributed by atoms with E-state index in [1.165, 1.54) is 5.56 Å². The van der Waals surface area contributed by atoms with Crippen molar-refractivity contribution in [3.8, 4) is 11.3 Å². The summed E-state index contributed by atoms with van der Waals surface area (Å²) in [4.78, 5) is 8.25. The second-order valence-corrected chi connectivity index (χ2v) is 4.26. The predicted molar refractivity (Wildman–Crippen MR) is 64.9 cm³/mol. The van der Waals surface area contributed by atoms with Gasteiger partial charge in [-0.2, -0.15) is 0 Å². The SMILES string of the molecule is Cc1ccccc1-c1cc(Cl)nc(Br)n1. The lowest BCUT2D eigenvalue weighted by Crippen LogP contribution is -1.90. The van der Waals surface area contributed by atoms with Gasteiger partial charge in [-0.25, -0.2) is 9.97 Å². The molecule has 4 heteroatoms. The maximum Gasteiger partial charge on any atom is 0.198 e. The molecular weight excluding hydrogens is 275 g/mol. The average molecular weight is 284 g/mol. The standard InChI is InChI=1S/C11H8BrClN2/c1-7-4-2-3-5-8(7)9-6-10(13)15-11(12)14-9/h2-6H,1H3. The lowest BCUT2D eigenvalue weighted by atomic mass is 10.1. The van der Waals surface area contributed by atoms with Crippen LogP contribution in [0.15, 0.2) is 35.1 Å². The van der Waals surface area contributed by atoms with Crippen molar-refractivity contribution in [2.75, 3.05) is 0 Å². The Kier molecular flexibility index (Phi) is 3.03. The summed E-state index contributed by atoms with van der Waals surface area (Å²) >= 11 is 9.10. The monoisotopic (exact) mass is 282 g/mol. The first kappa shape index (κ1) is 10.6. The normalized spacial score (nSPS) is 10.3. The molecule has 0 bridgehead atoms. The smallest absolute Gasteiger partial charge is 0.198 e. The van der Waals surface area contributed by atoms with Crippen LogP contribution in [0.1, 0.15) is 5.56 Å². The van der Waals surface area contributed by atoms with Crippen LogP contribution in [-0.4, -0.2) is 9.97 Å². The molecule has 2 aromatic rings. The van der Waals surface area contributed by atoms with E-state index in [9.17, 15) is 0 Å². The molecule has 1 aromatic heterocycles. The molecule has 2 rings (SSSR count). The number of hydrogen-bond acceptors (Lipinski definition) is 2. The zero-order valence-corrected chi connectivity index (χ0v) is 10.4. The van der Waals surface area contributed by atoms with Gasteiger partial charge in [0, 0.05) is 11.6 Å². The summed E-state index contributed by atoms with van der Waals surface area (Å²) in [6.07, 6.45) is 0. The number of aryl methyl sites for hydroxylation is 1.